The Hall–Kier alpha value is -3.26. The molecule has 1 aliphatic heterocycles. The van der Waals surface area contributed by atoms with Crippen molar-refractivity contribution in [2.45, 2.75) is 63.3 Å². The van der Waals surface area contributed by atoms with Crippen LogP contribution in [0.15, 0.2) is 0 Å². The molecule has 4 atom stereocenters. The second-order valence-electron chi connectivity index (χ2n) is 7.64. The van der Waals surface area contributed by atoms with E-state index in [2.05, 4.69) is 16.0 Å². The van der Waals surface area contributed by atoms with E-state index < -0.39 is 72.8 Å². The van der Waals surface area contributed by atoms with Gasteiger partial charge in [-0.1, -0.05) is 0 Å². The maximum atomic E-state index is 12.5. The molecule has 0 bridgehead atoms. The summed E-state index contributed by atoms with van der Waals surface area (Å²) >= 11 is 0. The van der Waals surface area contributed by atoms with Crippen LogP contribution < -0.4 is 16.0 Å². The molecule has 1 fully saturated rings. The number of nitrogens with zero attached hydrogens (tertiary/aromatic N) is 1. The van der Waals surface area contributed by atoms with Crippen LogP contribution in [-0.2, 0) is 28.8 Å². The van der Waals surface area contributed by atoms with Crippen LogP contribution in [-0.4, -0.2) is 105 Å². The van der Waals surface area contributed by atoms with E-state index in [1.165, 1.54) is 6.92 Å². The predicted octanol–water partition coefficient (Wildman–Crippen LogP) is -3.22. The van der Waals surface area contributed by atoms with Gasteiger partial charge in [0.2, 0.25) is 23.6 Å². The highest BCUT2D eigenvalue weighted by molar-refractivity contribution is 5.97. The SMILES string of the molecule is C[C@H](NC(=O)[C@@H]1C[C@@H](O)CN1C(=O)CC(=O)O)C(=O)N[C@@H](CO)C(=O)NCCCCC(=O)O. The summed E-state index contributed by atoms with van der Waals surface area (Å²) in [5.74, 6) is -5.47. The van der Waals surface area contributed by atoms with Gasteiger partial charge in [0.1, 0.15) is 24.5 Å². The van der Waals surface area contributed by atoms with Crippen molar-refractivity contribution in [3.8, 4) is 0 Å². The number of aliphatic hydroxyl groups is 2. The number of hydrogen-bond acceptors (Lipinski definition) is 8. The number of carboxylic acids is 2. The van der Waals surface area contributed by atoms with Crippen molar-refractivity contribution in [3.63, 3.8) is 0 Å². The fourth-order valence-corrected chi connectivity index (χ4v) is 3.17. The van der Waals surface area contributed by atoms with E-state index >= 15 is 0 Å². The average Bonchev–Trinajstić information content (AvgIpc) is 3.12. The number of carbonyl (C=O) groups excluding carboxylic acids is 4. The molecule has 1 rings (SSSR count). The third-order valence-corrected chi connectivity index (χ3v) is 4.89. The van der Waals surface area contributed by atoms with E-state index in [-0.39, 0.29) is 25.9 Å². The van der Waals surface area contributed by atoms with Gasteiger partial charge in [0, 0.05) is 25.9 Å². The monoisotopic (exact) mass is 474 g/mol. The van der Waals surface area contributed by atoms with Crippen molar-refractivity contribution in [3.05, 3.63) is 0 Å². The lowest BCUT2D eigenvalue weighted by Gasteiger charge is -2.25. The Balaban J connectivity index is 2.58. The molecule has 0 spiro atoms. The van der Waals surface area contributed by atoms with E-state index in [1.807, 2.05) is 0 Å². The standard InChI is InChI=1S/C19H30N4O10/c1-10(17(31)22-12(9-24)18(32)20-5-3-2-4-15(27)28)21-19(33)13-6-11(25)8-23(13)14(26)7-16(29)30/h10-13,24-25H,2-9H2,1H3,(H,20,32)(H,21,33)(H,22,31)(H,27,28)(H,29,30)/t10-,11+,12-,13-/m0/s1. The third kappa shape index (κ3) is 9.41. The number of likely N-dealkylation sites (tertiary alicyclic amines) is 1. The highest BCUT2D eigenvalue weighted by Gasteiger charge is 2.40. The number of carboxylic acid groups (broad SMARTS) is 2. The van der Waals surface area contributed by atoms with Gasteiger partial charge in [-0.15, -0.1) is 0 Å². The first-order chi connectivity index (χ1) is 15.5. The lowest BCUT2D eigenvalue weighted by molar-refractivity contribution is -0.147. The summed E-state index contributed by atoms with van der Waals surface area (Å²) in [6.45, 7) is 0.513. The average molecular weight is 474 g/mol. The van der Waals surface area contributed by atoms with Gasteiger partial charge in [-0.2, -0.15) is 0 Å². The number of aliphatic carboxylic acids is 2. The predicted molar refractivity (Wildman–Crippen MR) is 109 cm³/mol. The molecular weight excluding hydrogens is 444 g/mol. The van der Waals surface area contributed by atoms with Crippen LogP contribution in [0.4, 0.5) is 0 Å². The highest BCUT2D eigenvalue weighted by atomic mass is 16.4. The topological polar surface area (TPSA) is 223 Å². The summed E-state index contributed by atoms with van der Waals surface area (Å²) in [5, 5.41) is 43.6. The van der Waals surface area contributed by atoms with Gasteiger partial charge in [0.05, 0.1) is 12.7 Å². The van der Waals surface area contributed by atoms with Gasteiger partial charge in [-0.05, 0) is 19.8 Å². The fourth-order valence-electron chi connectivity index (χ4n) is 3.17. The Morgan fingerprint density at radius 1 is 1.00 bits per heavy atom. The summed E-state index contributed by atoms with van der Waals surface area (Å²) in [7, 11) is 0. The zero-order chi connectivity index (χ0) is 25.1. The van der Waals surface area contributed by atoms with Crippen LogP contribution >= 0.6 is 0 Å². The van der Waals surface area contributed by atoms with Crippen molar-refractivity contribution in [1.82, 2.24) is 20.9 Å². The van der Waals surface area contributed by atoms with E-state index in [9.17, 15) is 39.0 Å². The van der Waals surface area contributed by atoms with Crippen molar-refractivity contribution in [2.24, 2.45) is 0 Å². The molecule has 14 heteroatoms. The molecule has 1 saturated heterocycles. The fraction of sp³-hybridized carbons (Fsp3) is 0.684. The number of hydrogen-bond donors (Lipinski definition) is 7. The van der Waals surface area contributed by atoms with Gasteiger partial charge in [-0.3, -0.25) is 28.8 Å². The van der Waals surface area contributed by atoms with Crippen LogP contribution in [0.25, 0.3) is 0 Å². The van der Waals surface area contributed by atoms with Gasteiger partial charge in [0.25, 0.3) is 0 Å². The lowest BCUT2D eigenvalue weighted by Crippen LogP contribution is -2.56. The number of aliphatic hydroxyl groups excluding tert-OH is 2. The van der Waals surface area contributed by atoms with Crippen molar-refractivity contribution >= 4 is 35.6 Å². The van der Waals surface area contributed by atoms with Crippen LogP contribution in [0.2, 0.25) is 0 Å². The minimum absolute atomic E-state index is 0.0510. The smallest absolute Gasteiger partial charge is 0.312 e. The summed E-state index contributed by atoms with van der Waals surface area (Å²) in [6, 6.07) is -3.65. The quantitative estimate of drug-likeness (QED) is 0.104. The Morgan fingerprint density at radius 3 is 2.24 bits per heavy atom. The molecule has 7 N–H and O–H groups in total. The first-order valence-corrected chi connectivity index (χ1v) is 10.4. The summed E-state index contributed by atoms with van der Waals surface area (Å²) in [4.78, 5) is 71.2. The number of unbranched alkanes of at least 4 members (excludes halogenated alkanes) is 1. The van der Waals surface area contributed by atoms with Gasteiger partial charge < -0.3 is 41.3 Å². The minimum Gasteiger partial charge on any atom is -0.481 e. The Kier molecular flexibility index (Phi) is 11.2. The Bertz CT molecular complexity index is 759. The molecular formula is C19H30N4O10. The van der Waals surface area contributed by atoms with Gasteiger partial charge in [0.15, 0.2) is 0 Å². The van der Waals surface area contributed by atoms with E-state index in [4.69, 9.17) is 10.2 Å². The first-order valence-electron chi connectivity index (χ1n) is 10.4. The second kappa shape index (κ2) is 13.3. The van der Waals surface area contributed by atoms with Gasteiger partial charge >= 0.3 is 11.9 Å². The van der Waals surface area contributed by atoms with Crippen molar-refractivity contribution in [1.29, 1.82) is 0 Å². The Morgan fingerprint density at radius 2 is 1.67 bits per heavy atom. The molecule has 0 saturated carbocycles. The molecule has 0 radical (unpaired) electrons. The first kappa shape index (κ1) is 27.8. The molecule has 1 heterocycles. The Labute approximate surface area is 189 Å². The molecule has 4 amide bonds. The van der Waals surface area contributed by atoms with E-state index in [1.54, 1.807) is 0 Å². The lowest BCUT2D eigenvalue weighted by atomic mass is 10.1. The molecule has 0 aromatic heterocycles. The normalized spacial score (nSPS) is 19.3. The maximum absolute atomic E-state index is 12.5. The van der Waals surface area contributed by atoms with Crippen LogP contribution in [0, 0.1) is 0 Å². The van der Waals surface area contributed by atoms with Crippen molar-refractivity contribution < 1.29 is 49.2 Å². The molecule has 33 heavy (non-hydrogen) atoms. The summed E-state index contributed by atoms with van der Waals surface area (Å²) in [5.41, 5.74) is 0. The number of nitrogens with one attached hydrogen (secondary N) is 3. The zero-order valence-electron chi connectivity index (χ0n) is 18.2. The molecule has 0 aliphatic carbocycles. The van der Waals surface area contributed by atoms with Crippen LogP contribution in [0.3, 0.4) is 0 Å². The largest absolute Gasteiger partial charge is 0.481 e. The number of amides is 4. The third-order valence-electron chi connectivity index (χ3n) is 4.89. The van der Waals surface area contributed by atoms with Crippen LogP contribution in [0.5, 0.6) is 0 Å². The second-order valence-corrected chi connectivity index (χ2v) is 7.64. The molecule has 186 valence electrons. The summed E-state index contributed by atoms with van der Waals surface area (Å²) in [6.07, 6.45) is -1.33. The van der Waals surface area contributed by atoms with E-state index in [0.29, 0.717) is 12.8 Å². The number of carbonyl (C=O) groups is 6. The molecule has 0 unspecified atom stereocenters. The van der Waals surface area contributed by atoms with Gasteiger partial charge in [-0.25, -0.2) is 0 Å². The highest BCUT2D eigenvalue weighted by Crippen LogP contribution is 2.19. The molecule has 14 nitrogen and oxygen atoms in total. The maximum Gasteiger partial charge on any atom is 0.312 e. The molecule has 1 aliphatic rings. The molecule has 0 aromatic rings. The van der Waals surface area contributed by atoms with Crippen molar-refractivity contribution in [2.75, 3.05) is 19.7 Å². The minimum atomic E-state index is -1.39. The number of β-amino-alcohol motifs (C(OH)–C–C–N with tert-alkyl or cyclic N) is 1. The van der Waals surface area contributed by atoms with E-state index in [0.717, 1.165) is 4.90 Å². The summed E-state index contributed by atoms with van der Waals surface area (Å²) < 4.78 is 0. The number of rotatable bonds is 13. The zero-order valence-corrected chi connectivity index (χ0v) is 18.2. The molecule has 0 aromatic carbocycles. The van der Waals surface area contributed by atoms with Crippen LogP contribution in [0.1, 0.15) is 39.0 Å².